The molecule has 0 radical (unpaired) electrons. The van der Waals surface area contributed by atoms with E-state index in [1.807, 2.05) is 5.48 Å². The minimum Gasteiger partial charge on any atom is -0.502 e. The van der Waals surface area contributed by atoms with Gasteiger partial charge in [0.2, 0.25) is 5.76 Å². The normalized spacial score (nSPS) is 11.2. The minimum absolute atomic E-state index is 0.123. The van der Waals surface area contributed by atoms with E-state index >= 15 is 0 Å². The quantitative estimate of drug-likeness (QED) is 0.316. The number of rotatable bonds is 6. The number of carboxylic acid groups (broad SMARTS) is 1. The fourth-order valence-electron chi connectivity index (χ4n) is 1.37. The number of hydrogen-bond acceptors (Lipinski definition) is 4. The first kappa shape index (κ1) is 15.6. The summed E-state index contributed by atoms with van der Waals surface area (Å²) in [5.74, 6) is -3.88. The monoisotopic (exact) mass is 283 g/mol. The van der Waals surface area contributed by atoms with Crippen molar-refractivity contribution in [1.82, 2.24) is 5.48 Å². The number of nitrogens with one attached hydrogen (secondary N) is 1. The van der Waals surface area contributed by atoms with Crippen molar-refractivity contribution in [3.05, 3.63) is 47.0 Å². The van der Waals surface area contributed by atoms with E-state index < -0.39 is 17.6 Å². The van der Waals surface area contributed by atoms with Crippen LogP contribution in [0.15, 0.2) is 30.0 Å². The Morgan fingerprint density at radius 2 is 2.10 bits per heavy atom. The molecule has 1 rings (SSSR count). The van der Waals surface area contributed by atoms with Gasteiger partial charge in [-0.05, 0) is 30.5 Å². The van der Waals surface area contributed by atoms with Crippen LogP contribution in [0, 0.1) is 12.7 Å². The molecule has 3 N–H and O–H groups in total. The number of carboxylic acids is 1. The minimum atomic E-state index is -1.61. The van der Waals surface area contributed by atoms with Gasteiger partial charge in [0.05, 0.1) is 12.7 Å². The maximum atomic E-state index is 13.0. The molecule has 6 nitrogen and oxygen atoms in total. The van der Waals surface area contributed by atoms with Crippen LogP contribution >= 0.6 is 0 Å². The number of benzene rings is 1. The summed E-state index contributed by atoms with van der Waals surface area (Å²) in [6, 6.07) is 4.61. The highest BCUT2D eigenvalue weighted by Gasteiger charge is 2.07. The van der Waals surface area contributed by atoms with Crippen LogP contribution in [0.3, 0.4) is 0 Å². The summed E-state index contributed by atoms with van der Waals surface area (Å²) in [5, 5.41) is 17.1. The Kier molecular flexibility index (Phi) is 5.67. The molecule has 108 valence electrons. The zero-order valence-corrected chi connectivity index (χ0v) is 10.7. The lowest BCUT2D eigenvalue weighted by atomic mass is 10.1. The summed E-state index contributed by atoms with van der Waals surface area (Å²) < 4.78 is 13.0. The average molecular weight is 283 g/mol. The van der Waals surface area contributed by atoms with E-state index in [0.29, 0.717) is 18.1 Å². The lowest BCUT2D eigenvalue weighted by Gasteiger charge is -2.05. The van der Waals surface area contributed by atoms with E-state index in [9.17, 15) is 14.0 Å². The molecule has 20 heavy (non-hydrogen) atoms. The van der Waals surface area contributed by atoms with Crippen LogP contribution in [0.4, 0.5) is 4.39 Å². The molecule has 0 bridgehead atoms. The molecule has 0 spiro atoms. The van der Waals surface area contributed by atoms with Gasteiger partial charge in [0.15, 0.2) is 0 Å². The van der Waals surface area contributed by atoms with Crippen molar-refractivity contribution in [3.8, 4) is 0 Å². The maximum Gasteiger partial charge on any atom is 0.371 e. The summed E-state index contributed by atoms with van der Waals surface area (Å²) in [5.41, 5.74) is 3.30. The number of hydrogen-bond donors (Lipinski definition) is 3. The number of aliphatic hydroxyl groups is 1. The molecule has 0 aliphatic heterocycles. The lowest BCUT2D eigenvalue weighted by molar-refractivity contribution is -0.136. The summed E-state index contributed by atoms with van der Waals surface area (Å²) in [6.45, 7) is 1.76. The summed E-state index contributed by atoms with van der Waals surface area (Å²) >= 11 is 0. The Balaban J connectivity index is 2.35. The molecule has 0 saturated carbocycles. The molecular formula is C13H14FNO5. The van der Waals surface area contributed by atoms with Gasteiger partial charge in [-0.2, -0.15) is 0 Å². The van der Waals surface area contributed by atoms with Crippen LogP contribution in [0.25, 0.3) is 0 Å². The van der Waals surface area contributed by atoms with Gasteiger partial charge >= 0.3 is 5.97 Å². The predicted molar refractivity (Wildman–Crippen MR) is 67.3 cm³/mol. The second-order valence-corrected chi connectivity index (χ2v) is 3.98. The first-order chi connectivity index (χ1) is 9.40. The van der Waals surface area contributed by atoms with Crippen molar-refractivity contribution >= 4 is 11.9 Å². The average Bonchev–Trinajstić information content (AvgIpc) is 2.38. The van der Waals surface area contributed by atoms with Crippen LogP contribution in [-0.4, -0.2) is 28.7 Å². The zero-order chi connectivity index (χ0) is 15.1. The first-order valence-corrected chi connectivity index (χ1v) is 5.71. The Morgan fingerprint density at radius 3 is 2.70 bits per heavy atom. The maximum absolute atomic E-state index is 13.0. The number of aliphatic carboxylic acids is 1. The molecule has 0 unspecified atom stereocenters. The predicted octanol–water partition coefficient (Wildman–Crippen LogP) is 1.25. The molecule has 0 aliphatic rings. The molecule has 0 aromatic heterocycles. The Bertz CT molecular complexity index is 542. The zero-order valence-electron chi connectivity index (χ0n) is 10.7. The highest BCUT2D eigenvalue weighted by molar-refractivity contribution is 5.95. The molecule has 0 atom stereocenters. The number of aliphatic hydroxyl groups excluding tert-OH is 1. The molecular weight excluding hydrogens is 269 g/mol. The molecule has 7 heteroatoms. The molecule has 1 aromatic rings. The number of aryl methyl sites for hydroxylation is 1. The molecule has 0 saturated heterocycles. The van der Waals surface area contributed by atoms with Crippen molar-refractivity contribution in [3.63, 3.8) is 0 Å². The van der Waals surface area contributed by atoms with Crippen LogP contribution in [0.5, 0.6) is 0 Å². The number of carbonyl (C=O) groups is 2. The summed E-state index contributed by atoms with van der Waals surface area (Å²) in [6.07, 6.45) is 0.931. The molecule has 0 heterocycles. The van der Waals surface area contributed by atoms with E-state index in [-0.39, 0.29) is 12.4 Å². The first-order valence-electron chi connectivity index (χ1n) is 5.71. The largest absolute Gasteiger partial charge is 0.502 e. The number of hydroxylamine groups is 1. The summed E-state index contributed by atoms with van der Waals surface area (Å²) in [7, 11) is 0. The molecule has 1 aromatic carbocycles. The summed E-state index contributed by atoms with van der Waals surface area (Å²) in [4.78, 5) is 26.1. The highest BCUT2D eigenvalue weighted by atomic mass is 19.1. The van der Waals surface area contributed by atoms with E-state index in [0.717, 1.165) is 5.56 Å². The number of amides is 1. The fourth-order valence-corrected chi connectivity index (χ4v) is 1.37. The van der Waals surface area contributed by atoms with Crippen molar-refractivity contribution in [1.29, 1.82) is 0 Å². The van der Waals surface area contributed by atoms with Gasteiger partial charge in [0.25, 0.3) is 5.91 Å². The molecule has 0 fully saturated rings. The van der Waals surface area contributed by atoms with Gasteiger partial charge in [-0.1, -0.05) is 12.1 Å². The number of carbonyl (C=O) groups excluding carboxylic acids is 1. The van der Waals surface area contributed by atoms with Crippen LogP contribution in [0.1, 0.15) is 11.1 Å². The van der Waals surface area contributed by atoms with Crippen molar-refractivity contribution in [2.75, 3.05) is 6.61 Å². The van der Waals surface area contributed by atoms with Gasteiger partial charge in [0.1, 0.15) is 5.82 Å². The van der Waals surface area contributed by atoms with E-state index in [4.69, 9.17) is 15.1 Å². The van der Waals surface area contributed by atoms with Gasteiger partial charge < -0.3 is 10.2 Å². The van der Waals surface area contributed by atoms with E-state index in [1.165, 1.54) is 6.07 Å². The second kappa shape index (κ2) is 7.25. The van der Waals surface area contributed by atoms with E-state index in [2.05, 4.69) is 0 Å². The third-order valence-electron chi connectivity index (χ3n) is 2.37. The third kappa shape index (κ3) is 5.07. The van der Waals surface area contributed by atoms with Crippen molar-refractivity contribution in [2.45, 2.75) is 13.3 Å². The van der Waals surface area contributed by atoms with Gasteiger partial charge in [-0.3, -0.25) is 9.63 Å². The smallest absolute Gasteiger partial charge is 0.371 e. The SMILES string of the molecule is Cc1cc(CCONC(=O)C=C(O)C(=O)O)ccc1F. The van der Waals surface area contributed by atoms with Gasteiger partial charge in [0, 0.05) is 0 Å². The molecule has 1 amide bonds. The Morgan fingerprint density at radius 1 is 1.40 bits per heavy atom. The standard InChI is InChI=1S/C13H14FNO5/c1-8-6-9(2-3-10(8)14)4-5-20-15-12(17)7-11(16)13(18)19/h2-3,6-7,16H,4-5H2,1H3,(H,15,17)(H,18,19). The van der Waals surface area contributed by atoms with Crippen molar-refractivity contribution in [2.24, 2.45) is 0 Å². The third-order valence-corrected chi connectivity index (χ3v) is 2.37. The van der Waals surface area contributed by atoms with Crippen LogP contribution in [-0.2, 0) is 20.8 Å². The Hall–Kier alpha value is -2.41. The van der Waals surface area contributed by atoms with Gasteiger partial charge in [-0.15, -0.1) is 0 Å². The number of halogens is 1. The topological polar surface area (TPSA) is 95.9 Å². The van der Waals surface area contributed by atoms with Crippen molar-refractivity contribution < 1.29 is 29.0 Å². The molecule has 0 aliphatic carbocycles. The second-order valence-electron chi connectivity index (χ2n) is 3.98. The van der Waals surface area contributed by atoms with E-state index in [1.54, 1.807) is 19.1 Å². The van der Waals surface area contributed by atoms with Gasteiger partial charge in [-0.25, -0.2) is 14.7 Å². The van der Waals surface area contributed by atoms with Crippen LogP contribution in [0.2, 0.25) is 0 Å². The van der Waals surface area contributed by atoms with Crippen LogP contribution < -0.4 is 5.48 Å². The Labute approximate surface area is 114 Å². The fraction of sp³-hybridized carbons (Fsp3) is 0.231. The highest BCUT2D eigenvalue weighted by Crippen LogP contribution is 2.09. The lowest BCUT2D eigenvalue weighted by Crippen LogP contribution is -2.23.